The average Bonchev–Trinajstić information content (AvgIpc) is 2.15. The van der Waals surface area contributed by atoms with Crippen LogP contribution in [0.2, 0.25) is 0 Å². The van der Waals surface area contributed by atoms with Crippen LogP contribution in [0, 0.1) is 18.3 Å². The molecule has 0 saturated carbocycles. The molecule has 1 aromatic rings. The molecule has 0 aliphatic rings. The monoisotopic (exact) mass is 188 g/mol. The molecule has 0 spiro atoms. The number of aliphatic carboxylic acids is 1. The highest BCUT2D eigenvalue weighted by atomic mass is 16.4. The van der Waals surface area contributed by atoms with Crippen LogP contribution in [0.5, 0.6) is 0 Å². The number of aryl methyl sites for hydroxylation is 1. The maximum Gasteiger partial charge on any atom is 0.328 e. The summed E-state index contributed by atoms with van der Waals surface area (Å²) in [7, 11) is 0. The van der Waals surface area contributed by atoms with Crippen LogP contribution in [-0.4, -0.2) is 16.1 Å². The molecule has 0 fully saturated rings. The molecule has 0 unspecified atom stereocenters. The Bertz CT molecular complexity index is 430. The van der Waals surface area contributed by atoms with Gasteiger partial charge in [0.2, 0.25) is 0 Å². The molecule has 0 aromatic carbocycles. The summed E-state index contributed by atoms with van der Waals surface area (Å²) in [6.45, 7) is 1.78. The lowest BCUT2D eigenvalue weighted by atomic mass is 10.2. The molecular weight excluding hydrogens is 180 g/mol. The maximum absolute atomic E-state index is 10.3. The Labute approximate surface area is 81.1 Å². The molecule has 0 aliphatic heterocycles. The van der Waals surface area contributed by atoms with Crippen molar-refractivity contribution in [3.05, 3.63) is 35.2 Å². The van der Waals surface area contributed by atoms with Crippen molar-refractivity contribution in [2.45, 2.75) is 6.92 Å². The molecule has 1 rings (SSSR count). The number of hydrogen-bond donors (Lipinski definition) is 1. The zero-order chi connectivity index (χ0) is 10.6. The van der Waals surface area contributed by atoms with Gasteiger partial charge in [0.15, 0.2) is 0 Å². The summed E-state index contributed by atoms with van der Waals surface area (Å²) in [5, 5.41) is 17.1. The number of rotatable bonds is 2. The first-order valence-corrected chi connectivity index (χ1v) is 3.92. The second kappa shape index (κ2) is 4.19. The van der Waals surface area contributed by atoms with Gasteiger partial charge in [0.1, 0.15) is 6.07 Å². The molecular formula is C10H8N2O2. The number of carboxylic acid groups (broad SMARTS) is 1. The zero-order valence-electron chi connectivity index (χ0n) is 7.56. The van der Waals surface area contributed by atoms with E-state index in [-0.39, 0.29) is 0 Å². The Morgan fingerprint density at radius 2 is 2.36 bits per heavy atom. The van der Waals surface area contributed by atoms with Crippen LogP contribution in [0.15, 0.2) is 18.2 Å². The Hall–Kier alpha value is -2.15. The van der Waals surface area contributed by atoms with Crippen LogP contribution >= 0.6 is 0 Å². The van der Waals surface area contributed by atoms with Gasteiger partial charge in [0.05, 0.1) is 11.3 Å². The SMILES string of the molecule is Cc1ccc(C#N)c(C=CC(=O)O)n1. The van der Waals surface area contributed by atoms with Gasteiger partial charge in [-0.25, -0.2) is 4.79 Å². The van der Waals surface area contributed by atoms with Gasteiger partial charge in [-0.05, 0) is 25.1 Å². The number of carboxylic acids is 1. The molecule has 70 valence electrons. The summed E-state index contributed by atoms with van der Waals surface area (Å²) in [5.41, 5.74) is 1.50. The van der Waals surface area contributed by atoms with Crippen molar-refractivity contribution in [2.75, 3.05) is 0 Å². The molecule has 0 bridgehead atoms. The van der Waals surface area contributed by atoms with E-state index in [2.05, 4.69) is 4.98 Å². The predicted molar refractivity (Wildman–Crippen MR) is 50.4 cm³/mol. The molecule has 1 aromatic heterocycles. The first kappa shape index (κ1) is 9.93. The number of nitrogens with zero attached hydrogens (tertiary/aromatic N) is 2. The highest BCUT2D eigenvalue weighted by Gasteiger charge is 2.00. The van der Waals surface area contributed by atoms with Crippen molar-refractivity contribution >= 4 is 12.0 Å². The highest BCUT2D eigenvalue weighted by molar-refractivity contribution is 5.85. The van der Waals surface area contributed by atoms with Gasteiger partial charge in [0, 0.05) is 11.8 Å². The third-order valence-corrected chi connectivity index (χ3v) is 1.57. The maximum atomic E-state index is 10.3. The lowest BCUT2D eigenvalue weighted by Crippen LogP contribution is -1.92. The minimum Gasteiger partial charge on any atom is -0.478 e. The van der Waals surface area contributed by atoms with Crippen molar-refractivity contribution in [3.63, 3.8) is 0 Å². The van der Waals surface area contributed by atoms with E-state index in [0.29, 0.717) is 11.3 Å². The summed E-state index contributed by atoms with van der Waals surface area (Å²) in [6.07, 6.45) is 2.27. The third-order valence-electron chi connectivity index (χ3n) is 1.57. The zero-order valence-corrected chi connectivity index (χ0v) is 7.56. The van der Waals surface area contributed by atoms with Crippen LogP contribution in [0.4, 0.5) is 0 Å². The van der Waals surface area contributed by atoms with Crippen molar-refractivity contribution in [3.8, 4) is 6.07 Å². The Kier molecular flexibility index (Phi) is 2.97. The summed E-state index contributed by atoms with van der Waals surface area (Å²) in [6, 6.07) is 5.26. The van der Waals surface area contributed by atoms with E-state index in [4.69, 9.17) is 10.4 Å². The number of pyridine rings is 1. The van der Waals surface area contributed by atoms with Crippen molar-refractivity contribution in [1.29, 1.82) is 5.26 Å². The summed E-state index contributed by atoms with van der Waals surface area (Å²) < 4.78 is 0. The number of aromatic nitrogens is 1. The van der Waals surface area contributed by atoms with Gasteiger partial charge >= 0.3 is 5.97 Å². The van der Waals surface area contributed by atoms with E-state index in [1.54, 1.807) is 19.1 Å². The van der Waals surface area contributed by atoms with Crippen LogP contribution in [-0.2, 0) is 4.79 Å². The normalized spacial score (nSPS) is 10.0. The largest absolute Gasteiger partial charge is 0.478 e. The standard InChI is InChI=1S/C10H8N2O2/c1-7-2-3-8(6-11)9(12-7)4-5-10(13)14/h2-5H,1H3,(H,13,14). The molecule has 1 N–H and O–H groups in total. The predicted octanol–water partition coefficient (Wildman–Crippen LogP) is 1.36. The fourth-order valence-corrected chi connectivity index (χ4v) is 0.949. The molecule has 4 heteroatoms. The number of nitriles is 1. The average molecular weight is 188 g/mol. The summed E-state index contributed by atoms with van der Waals surface area (Å²) in [4.78, 5) is 14.3. The van der Waals surface area contributed by atoms with Gasteiger partial charge in [0.25, 0.3) is 0 Å². The first-order chi connectivity index (χ1) is 6.63. The summed E-state index contributed by atoms with van der Waals surface area (Å²) in [5.74, 6) is -1.06. The van der Waals surface area contributed by atoms with Gasteiger partial charge in [-0.15, -0.1) is 0 Å². The van der Waals surface area contributed by atoms with Crippen LogP contribution in [0.25, 0.3) is 6.08 Å². The lowest BCUT2D eigenvalue weighted by molar-refractivity contribution is -0.131. The van der Waals surface area contributed by atoms with E-state index < -0.39 is 5.97 Å². The quantitative estimate of drug-likeness (QED) is 0.711. The summed E-state index contributed by atoms with van der Waals surface area (Å²) >= 11 is 0. The van der Waals surface area contributed by atoms with Crippen LogP contribution in [0.3, 0.4) is 0 Å². The van der Waals surface area contributed by atoms with E-state index >= 15 is 0 Å². The molecule has 0 saturated heterocycles. The van der Waals surface area contributed by atoms with E-state index in [1.807, 2.05) is 6.07 Å². The first-order valence-electron chi connectivity index (χ1n) is 3.92. The van der Waals surface area contributed by atoms with Crippen LogP contribution in [0.1, 0.15) is 17.0 Å². The molecule has 0 atom stereocenters. The fraction of sp³-hybridized carbons (Fsp3) is 0.100. The Morgan fingerprint density at radius 1 is 1.64 bits per heavy atom. The molecule has 4 nitrogen and oxygen atoms in total. The van der Waals surface area contributed by atoms with Crippen molar-refractivity contribution < 1.29 is 9.90 Å². The van der Waals surface area contributed by atoms with E-state index in [9.17, 15) is 4.79 Å². The second-order valence-corrected chi connectivity index (χ2v) is 2.67. The fourth-order valence-electron chi connectivity index (χ4n) is 0.949. The van der Waals surface area contributed by atoms with Gasteiger partial charge < -0.3 is 5.11 Å². The highest BCUT2D eigenvalue weighted by Crippen LogP contribution is 2.07. The van der Waals surface area contributed by atoms with Crippen molar-refractivity contribution in [2.24, 2.45) is 0 Å². The van der Waals surface area contributed by atoms with E-state index in [0.717, 1.165) is 11.8 Å². The minimum atomic E-state index is -1.06. The van der Waals surface area contributed by atoms with E-state index in [1.165, 1.54) is 6.08 Å². The minimum absolute atomic E-state index is 0.369. The molecule has 14 heavy (non-hydrogen) atoms. The number of carbonyl (C=O) groups is 1. The van der Waals surface area contributed by atoms with Crippen LogP contribution < -0.4 is 0 Å². The smallest absolute Gasteiger partial charge is 0.328 e. The topological polar surface area (TPSA) is 74.0 Å². The number of hydrogen-bond acceptors (Lipinski definition) is 3. The van der Waals surface area contributed by atoms with Gasteiger partial charge in [-0.1, -0.05) is 0 Å². The third kappa shape index (κ3) is 2.42. The van der Waals surface area contributed by atoms with Crippen molar-refractivity contribution in [1.82, 2.24) is 4.98 Å². The van der Waals surface area contributed by atoms with Gasteiger partial charge in [-0.2, -0.15) is 5.26 Å². The molecule has 0 amide bonds. The van der Waals surface area contributed by atoms with Gasteiger partial charge in [-0.3, -0.25) is 4.98 Å². The lowest BCUT2D eigenvalue weighted by Gasteiger charge is -1.97. The Balaban J connectivity index is 3.13. The second-order valence-electron chi connectivity index (χ2n) is 2.67. The molecule has 0 radical (unpaired) electrons. The Morgan fingerprint density at radius 3 is 2.93 bits per heavy atom. The molecule has 1 heterocycles. The molecule has 0 aliphatic carbocycles.